The van der Waals surface area contributed by atoms with E-state index in [-0.39, 0.29) is 11.9 Å². The lowest BCUT2D eigenvalue weighted by Gasteiger charge is -2.15. The molecule has 0 spiro atoms. The van der Waals surface area contributed by atoms with Crippen LogP contribution in [0.3, 0.4) is 0 Å². The minimum Gasteiger partial charge on any atom is -0.389 e. The van der Waals surface area contributed by atoms with Gasteiger partial charge in [-0.15, -0.1) is 0 Å². The Balaban J connectivity index is 2.29. The Hall–Kier alpha value is -0.650. The quantitative estimate of drug-likeness (QED) is 0.383. The molecule has 1 amide bonds. The predicted molar refractivity (Wildman–Crippen MR) is 42.5 cm³/mol. The van der Waals surface area contributed by atoms with Crippen LogP contribution < -0.4 is 10.6 Å². The minimum absolute atomic E-state index is 0.134. The van der Waals surface area contributed by atoms with E-state index in [1.807, 2.05) is 0 Å². The van der Waals surface area contributed by atoms with E-state index >= 15 is 0 Å². The summed E-state index contributed by atoms with van der Waals surface area (Å²) in [4.78, 5) is 10.5. The summed E-state index contributed by atoms with van der Waals surface area (Å²) in [6.07, 6.45) is -1.50. The third kappa shape index (κ3) is 2.17. The predicted octanol–water partition coefficient (Wildman–Crippen LogP) is -2.18. The number of carbonyl (C=O) groups excluding carboxylic acids is 1. The summed E-state index contributed by atoms with van der Waals surface area (Å²) in [7, 11) is 0. The molecule has 1 aliphatic heterocycles. The molecule has 1 saturated heterocycles. The molecule has 0 unspecified atom stereocenters. The molecular formula is C7H14N2O3. The minimum atomic E-state index is -0.781. The summed E-state index contributed by atoms with van der Waals surface area (Å²) in [5, 5.41) is 23.9. The third-order valence-corrected chi connectivity index (χ3v) is 1.97. The first-order chi connectivity index (χ1) is 5.61. The number of nitrogens with one attached hydrogen (secondary N) is 2. The summed E-state index contributed by atoms with van der Waals surface area (Å²) < 4.78 is 0. The fraction of sp³-hybridized carbons (Fsp3) is 0.857. The number of rotatable bonds is 2. The maximum atomic E-state index is 10.5. The van der Waals surface area contributed by atoms with Crippen LogP contribution in [-0.4, -0.2) is 47.5 Å². The molecule has 3 atom stereocenters. The molecule has 1 aliphatic rings. The summed E-state index contributed by atoms with van der Waals surface area (Å²) in [6.45, 7) is 2.15. The van der Waals surface area contributed by atoms with Gasteiger partial charge in [0.2, 0.25) is 5.91 Å². The second kappa shape index (κ2) is 3.84. The van der Waals surface area contributed by atoms with Crippen molar-refractivity contribution in [3.8, 4) is 0 Å². The molecule has 1 rings (SSSR count). The van der Waals surface area contributed by atoms with E-state index in [9.17, 15) is 9.90 Å². The molecule has 5 heteroatoms. The molecule has 0 radical (unpaired) electrons. The second-order valence-electron chi connectivity index (χ2n) is 3.01. The van der Waals surface area contributed by atoms with Crippen molar-refractivity contribution in [2.24, 2.45) is 0 Å². The first kappa shape index (κ1) is 9.44. The summed E-state index contributed by atoms with van der Waals surface area (Å²) >= 11 is 0. The lowest BCUT2D eigenvalue weighted by atomic mass is 10.1. The normalized spacial score (nSPS) is 35.1. The van der Waals surface area contributed by atoms with Gasteiger partial charge in [0.05, 0.1) is 18.2 Å². The highest BCUT2D eigenvalue weighted by Gasteiger charge is 2.32. The van der Waals surface area contributed by atoms with Crippen molar-refractivity contribution in [2.45, 2.75) is 25.2 Å². The zero-order chi connectivity index (χ0) is 9.14. The molecule has 70 valence electrons. The fourth-order valence-electron chi connectivity index (χ4n) is 1.23. The van der Waals surface area contributed by atoms with Crippen molar-refractivity contribution in [2.75, 3.05) is 13.1 Å². The van der Waals surface area contributed by atoms with Gasteiger partial charge in [0.15, 0.2) is 0 Å². The SMILES string of the molecule is CC(=O)NC[C@@H]1NC[C@H](O)[C@@H]1O. The maximum Gasteiger partial charge on any atom is 0.216 e. The van der Waals surface area contributed by atoms with Gasteiger partial charge in [-0.3, -0.25) is 4.79 Å². The van der Waals surface area contributed by atoms with E-state index < -0.39 is 12.2 Å². The molecule has 0 bridgehead atoms. The van der Waals surface area contributed by atoms with Gasteiger partial charge in [-0.1, -0.05) is 0 Å². The second-order valence-corrected chi connectivity index (χ2v) is 3.01. The van der Waals surface area contributed by atoms with Crippen LogP contribution in [0.25, 0.3) is 0 Å². The monoisotopic (exact) mass is 174 g/mol. The molecule has 0 aromatic rings. The maximum absolute atomic E-state index is 10.5. The van der Waals surface area contributed by atoms with Crippen LogP contribution in [0.15, 0.2) is 0 Å². The van der Waals surface area contributed by atoms with Gasteiger partial charge in [-0.05, 0) is 0 Å². The summed E-state index contributed by atoms with van der Waals surface area (Å²) in [5.74, 6) is -0.134. The molecule has 0 saturated carbocycles. The van der Waals surface area contributed by atoms with E-state index in [2.05, 4.69) is 10.6 Å². The topological polar surface area (TPSA) is 81.6 Å². The van der Waals surface area contributed by atoms with E-state index in [0.717, 1.165) is 0 Å². The van der Waals surface area contributed by atoms with Gasteiger partial charge in [0.25, 0.3) is 0 Å². The van der Waals surface area contributed by atoms with Gasteiger partial charge < -0.3 is 20.8 Å². The smallest absolute Gasteiger partial charge is 0.216 e. The van der Waals surface area contributed by atoms with Crippen LogP contribution in [0.1, 0.15) is 6.92 Å². The van der Waals surface area contributed by atoms with Crippen LogP contribution in [0.2, 0.25) is 0 Å². The van der Waals surface area contributed by atoms with Crippen LogP contribution >= 0.6 is 0 Å². The Morgan fingerprint density at radius 3 is 2.75 bits per heavy atom. The molecule has 5 nitrogen and oxygen atoms in total. The van der Waals surface area contributed by atoms with Crippen molar-refractivity contribution in [1.29, 1.82) is 0 Å². The Bertz CT molecular complexity index is 174. The summed E-state index contributed by atoms with van der Waals surface area (Å²) in [6, 6.07) is -0.233. The van der Waals surface area contributed by atoms with Crippen LogP contribution in [0.4, 0.5) is 0 Å². The van der Waals surface area contributed by atoms with Crippen molar-refractivity contribution in [3.05, 3.63) is 0 Å². The Morgan fingerprint density at radius 1 is 1.67 bits per heavy atom. The number of aliphatic hydroxyl groups is 2. The number of aliphatic hydroxyl groups excluding tert-OH is 2. The Labute approximate surface area is 70.8 Å². The fourth-order valence-corrected chi connectivity index (χ4v) is 1.23. The first-order valence-electron chi connectivity index (χ1n) is 3.95. The van der Waals surface area contributed by atoms with E-state index in [1.54, 1.807) is 0 Å². The van der Waals surface area contributed by atoms with Crippen molar-refractivity contribution in [1.82, 2.24) is 10.6 Å². The molecule has 0 aromatic carbocycles. The number of β-amino-alcohol motifs (C(OH)–C–C–N with tert-alkyl or cyclic N) is 1. The van der Waals surface area contributed by atoms with Gasteiger partial charge in [-0.25, -0.2) is 0 Å². The number of amides is 1. The zero-order valence-electron chi connectivity index (χ0n) is 6.95. The van der Waals surface area contributed by atoms with Gasteiger partial charge in [0, 0.05) is 20.0 Å². The van der Waals surface area contributed by atoms with E-state index in [0.29, 0.717) is 13.1 Å². The lowest BCUT2D eigenvalue weighted by Crippen LogP contribution is -2.42. The zero-order valence-corrected chi connectivity index (χ0v) is 6.95. The third-order valence-electron chi connectivity index (χ3n) is 1.97. The highest BCUT2D eigenvalue weighted by atomic mass is 16.3. The van der Waals surface area contributed by atoms with Crippen LogP contribution in [0, 0.1) is 0 Å². The molecule has 0 aliphatic carbocycles. The Morgan fingerprint density at radius 2 is 2.33 bits per heavy atom. The standard InChI is InChI=1S/C7H14N2O3/c1-4(10)8-2-5-7(12)6(11)3-9-5/h5-7,9,11-12H,2-3H2,1H3,(H,8,10)/t5-,6-,7+/m0/s1. The van der Waals surface area contributed by atoms with Crippen LogP contribution in [0.5, 0.6) is 0 Å². The van der Waals surface area contributed by atoms with Crippen molar-refractivity contribution in [3.63, 3.8) is 0 Å². The van der Waals surface area contributed by atoms with Gasteiger partial charge in [-0.2, -0.15) is 0 Å². The molecule has 1 heterocycles. The number of hydrogen-bond donors (Lipinski definition) is 4. The Kier molecular flexibility index (Phi) is 3.02. The molecular weight excluding hydrogens is 160 g/mol. The van der Waals surface area contributed by atoms with Gasteiger partial charge >= 0.3 is 0 Å². The van der Waals surface area contributed by atoms with Crippen LogP contribution in [-0.2, 0) is 4.79 Å². The lowest BCUT2D eigenvalue weighted by molar-refractivity contribution is -0.119. The highest BCUT2D eigenvalue weighted by molar-refractivity contribution is 5.72. The molecule has 12 heavy (non-hydrogen) atoms. The average Bonchev–Trinajstić information content (AvgIpc) is 2.30. The number of carbonyl (C=O) groups is 1. The van der Waals surface area contributed by atoms with Crippen molar-refractivity contribution >= 4 is 5.91 Å². The molecule has 1 fully saturated rings. The molecule has 0 aromatic heterocycles. The van der Waals surface area contributed by atoms with E-state index in [1.165, 1.54) is 6.92 Å². The van der Waals surface area contributed by atoms with Gasteiger partial charge in [0.1, 0.15) is 0 Å². The largest absolute Gasteiger partial charge is 0.389 e. The summed E-state index contributed by atoms with van der Waals surface area (Å²) in [5.41, 5.74) is 0. The highest BCUT2D eigenvalue weighted by Crippen LogP contribution is 2.06. The molecule has 4 N–H and O–H groups in total. The van der Waals surface area contributed by atoms with E-state index in [4.69, 9.17) is 5.11 Å². The first-order valence-corrected chi connectivity index (χ1v) is 3.95. The van der Waals surface area contributed by atoms with Crippen molar-refractivity contribution < 1.29 is 15.0 Å². The average molecular weight is 174 g/mol. The number of hydrogen-bond acceptors (Lipinski definition) is 4.